The van der Waals surface area contributed by atoms with Gasteiger partial charge in [0.25, 0.3) is 0 Å². The van der Waals surface area contributed by atoms with Crippen LogP contribution in [0.4, 0.5) is 5.69 Å². The predicted molar refractivity (Wildman–Crippen MR) is 139 cm³/mol. The van der Waals surface area contributed by atoms with Crippen molar-refractivity contribution in [3.63, 3.8) is 0 Å². The van der Waals surface area contributed by atoms with Crippen molar-refractivity contribution < 1.29 is 19.4 Å². The molecular formula is C29H36N2O4. The van der Waals surface area contributed by atoms with Crippen molar-refractivity contribution in [3.8, 4) is 11.1 Å². The second-order valence-electron chi connectivity index (χ2n) is 11.1. The largest absolute Gasteiger partial charge is 0.479 e. The third-order valence-electron chi connectivity index (χ3n) is 7.22. The second kappa shape index (κ2) is 8.68. The lowest BCUT2D eigenvalue weighted by Gasteiger charge is -2.39. The van der Waals surface area contributed by atoms with Crippen LogP contribution in [0, 0.1) is 26.7 Å². The Morgan fingerprint density at radius 1 is 1.14 bits per heavy atom. The van der Waals surface area contributed by atoms with Gasteiger partial charge in [-0.1, -0.05) is 29.8 Å². The van der Waals surface area contributed by atoms with E-state index < -0.39 is 17.7 Å². The smallest absolute Gasteiger partial charge is 0.337 e. The van der Waals surface area contributed by atoms with Crippen molar-refractivity contribution in [3.05, 3.63) is 52.7 Å². The van der Waals surface area contributed by atoms with E-state index in [0.29, 0.717) is 5.92 Å². The average Bonchev–Trinajstić information content (AvgIpc) is 3.08. The molecule has 0 saturated carbocycles. The van der Waals surface area contributed by atoms with Gasteiger partial charge in [-0.05, 0) is 64.3 Å². The van der Waals surface area contributed by atoms with Gasteiger partial charge in [0, 0.05) is 42.2 Å². The highest BCUT2D eigenvalue weighted by Crippen LogP contribution is 2.48. The first kappa shape index (κ1) is 23.9. The van der Waals surface area contributed by atoms with E-state index in [1.165, 1.54) is 16.8 Å². The highest BCUT2D eigenvalue weighted by molar-refractivity contribution is 6.07. The molecule has 5 rings (SSSR count). The zero-order valence-electron chi connectivity index (χ0n) is 21.6. The van der Waals surface area contributed by atoms with Gasteiger partial charge in [-0.2, -0.15) is 0 Å². The molecule has 186 valence electrons. The number of benzene rings is 2. The number of aromatic nitrogens is 1. The van der Waals surface area contributed by atoms with E-state index in [1.54, 1.807) is 0 Å². The normalized spacial score (nSPS) is 17.0. The summed E-state index contributed by atoms with van der Waals surface area (Å²) in [6, 6.07) is 10.6. The van der Waals surface area contributed by atoms with Gasteiger partial charge in [-0.3, -0.25) is 0 Å². The van der Waals surface area contributed by atoms with Crippen LogP contribution in [0.15, 0.2) is 30.3 Å². The molecular weight excluding hydrogens is 440 g/mol. The maximum atomic E-state index is 12.7. The summed E-state index contributed by atoms with van der Waals surface area (Å²) in [5, 5.41) is 11.5. The number of anilines is 1. The summed E-state index contributed by atoms with van der Waals surface area (Å²) in [4.78, 5) is 15.2. The molecule has 35 heavy (non-hydrogen) atoms. The summed E-state index contributed by atoms with van der Waals surface area (Å²) in [7, 11) is 0. The zero-order valence-corrected chi connectivity index (χ0v) is 21.6. The Hall–Kier alpha value is -2.83. The van der Waals surface area contributed by atoms with Crippen LogP contribution in [0.1, 0.15) is 49.3 Å². The quantitative estimate of drug-likeness (QED) is 0.499. The molecule has 1 saturated heterocycles. The Balaban J connectivity index is 1.84. The highest BCUT2D eigenvalue weighted by atomic mass is 16.5. The molecule has 0 radical (unpaired) electrons. The molecule has 1 atom stereocenters. The van der Waals surface area contributed by atoms with E-state index in [2.05, 4.69) is 60.6 Å². The summed E-state index contributed by atoms with van der Waals surface area (Å²) in [6.45, 7) is 16.3. The van der Waals surface area contributed by atoms with Crippen LogP contribution in [-0.4, -0.2) is 47.5 Å². The first-order chi connectivity index (χ1) is 16.5. The molecule has 1 unspecified atom stereocenters. The molecule has 2 aliphatic rings. The molecule has 3 aromatic rings. The van der Waals surface area contributed by atoms with Crippen LogP contribution in [0.2, 0.25) is 0 Å². The fraction of sp³-hybridized carbons (Fsp3) is 0.483. The second-order valence-corrected chi connectivity index (χ2v) is 11.1. The Morgan fingerprint density at radius 2 is 1.83 bits per heavy atom. The Labute approximate surface area is 207 Å². The monoisotopic (exact) mass is 476 g/mol. The number of aryl methyl sites for hydroxylation is 2. The van der Waals surface area contributed by atoms with Gasteiger partial charge in [0.1, 0.15) is 0 Å². The van der Waals surface area contributed by atoms with Gasteiger partial charge in [-0.15, -0.1) is 0 Å². The van der Waals surface area contributed by atoms with E-state index >= 15 is 0 Å². The number of rotatable bonds is 6. The number of ether oxygens (including phenoxy) is 2. The number of carboxylic acids is 1. The van der Waals surface area contributed by atoms with Crippen molar-refractivity contribution in [1.29, 1.82) is 0 Å². The van der Waals surface area contributed by atoms with Crippen LogP contribution < -0.4 is 4.90 Å². The van der Waals surface area contributed by atoms with Crippen LogP contribution in [0.25, 0.3) is 22.0 Å². The average molecular weight is 477 g/mol. The van der Waals surface area contributed by atoms with Crippen LogP contribution in [0.5, 0.6) is 0 Å². The minimum absolute atomic E-state index is 0.508. The lowest BCUT2D eigenvalue weighted by atomic mass is 9.86. The molecule has 1 aromatic heterocycles. The van der Waals surface area contributed by atoms with E-state index in [1.807, 2.05) is 20.8 Å². The molecule has 6 heteroatoms. The standard InChI is InChI=1S/C29H36N2O4/c1-17-7-9-21(10-8-17)24-22-13-18(2)31-12-11-30(14-20-15-34-16-20)25(26(22)31)19(3)23(24)27(28(32)33)35-29(4,5)6/h7-10,13,20,27H,11-12,14-16H2,1-6H3,(H,32,33). The third-order valence-corrected chi connectivity index (χ3v) is 7.22. The molecule has 0 spiro atoms. The Kier molecular flexibility index (Phi) is 5.93. The molecule has 2 aromatic carbocycles. The van der Waals surface area contributed by atoms with Gasteiger partial charge >= 0.3 is 5.97 Å². The van der Waals surface area contributed by atoms with E-state index in [4.69, 9.17) is 9.47 Å². The van der Waals surface area contributed by atoms with Gasteiger partial charge in [0.2, 0.25) is 0 Å². The zero-order chi connectivity index (χ0) is 25.1. The molecule has 0 bridgehead atoms. The molecule has 2 aliphatic heterocycles. The van der Waals surface area contributed by atoms with Crippen LogP contribution in [-0.2, 0) is 20.8 Å². The fourth-order valence-corrected chi connectivity index (χ4v) is 5.60. The number of hydrogen-bond donors (Lipinski definition) is 1. The summed E-state index contributed by atoms with van der Waals surface area (Å²) < 4.78 is 14.1. The fourth-order valence-electron chi connectivity index (χ4n) is 5.60. The van der Waals surface area contributed by atoms with Crippen molar-refractivity contribution in [2.24, 2.45) is 5.92 Å². The Bertz CT molecular complexity index is 1280. The van der Waals surface area contributed by atoms with Crippen molar-refractivity contribution in [1.82, 2.24) is 4.57 Å². The first-order valence-electron chi connectivity index (χ1n) is 12.5. The van der Waals surface area contributed by atoms with Gasteiger partial charge in [0.05, 0.1) is 30.0 Å². The minimum Gasteiger partial charge on any atom is -0.479 e. The maximum absolute atomic E-state index is 12.7. The lowest BCUT2D eigenvalue weighted by molar-refractivity contribution is -0.160. The van der Waals surface area contributed by atoms with Gasteiger partial charge in [0.15, 0.2) is 6.10 Å². The molecule has 3 heterocycles. The maximum Gasteiger partial charge on any atom is 0.337 e. The topological polar surface area (TPSA) is 63.9 Å². The van der Waals surface area contributed by atoms with E-state index in [9.17, 15) is 9.90 Å². The minimum atomic E-state index is -1.08. The first-order valence-corrected chi connectivity index (χ1v) is 12.5. The van der Waals surface area contributed by atoms with Crippen LogP contribution >= 0.6 is 0 Å². The van der Waals surface area contributed by atoms with Crippen molar-refractivity contribution >= 4 is 22.6 Å². The molecule has 1 fully saturated rings. The molecule has 6 nitrogen and oxygen atoms in total. The summed E-state index contributed by atoms with van der Waals surface area (Å²) in [5.74, 6) is -0.456. The van der Waals surface area contributed by atoms with E-state index in [-0.39, 0.29) is 0 Å². The number of nitrogens with zero attached hydrogens (tertiary/aromatic N) is 2. The van der Waals surface area contributed by atoms with Crippen molar-refractivity contribution in [2.45, 2.75) is 59.8 Å². The summed E-state index contributed by atoms with van der Waals surface area (Å²) in [6.07, 6.45) is -1.08. The van der Waals surface area contributed by atoms with Crippen molar-refractivity contribution in [2.75, 3.05) is 31.2 Å². The number of hydrogen-bond acceptors (Lipinski definition) is 4. The summed E-state index contributed by atoms with van der Waals surface area (Å²) in [5.41, 5.74) is 7.82. The summed E-state index contributed by atoms with van der Waals surface area (Å²) >= 11 is 0. The predicted octanol–water partition coefficient (Wildman–Crippen LogP) is 5.64. The van der Waals surface area contributed by atoms with E-state index in [0.717, 1.165) is 66.2 Å². The third kappa shape index (κ3) is 4.23. The number of carbonyl (C=O) groups is 1. The van der Waals surface area contributed by atoms with Gasteiger partial charge in [-0.25, -0.2) is 4.79 Å². The highest BCUT2D eigenvalue weighted by Gasteiger charge is 2.36. The SMILES string of the molecule is Cc1ccc(-c2c(C(OC(C)(C)C)C(=O)O)c(C)c3c4c2cc(C)n4CCN3CC2COC2)cc1. The number of aliphatic carboxylic acids is 1. The molecule has 0 aliphatic carbocycles. The van der Waals surface area contributed by atoms with Gasteiger partial charge < -0.3 is 24.0 Å². The van der Waals surface area contributed by atoms with Crippen LogP contribution in [0.3, 0.4) is 0 Å². The lowest BCUT2D eigenvalue weighted by Crippen LogP contribution is -2.43. The molecule has 0 amide bonds. The Morgan fingerprint density at radius 3 is 2.40 bits per heavy atom. The molecule has 1 N–H and O–H groups in total. The number of carboxylic acid groups (broad SMARTS) is 1.